The molecule has 1 fully saturated rings. The van der Waals surface area contributed by atoms with E-state index in [1.807, 2.05) is 13.0 Å². The van der Waals surface area contributed by atoms with Crippen LogP contribution < -0.4 is 10.5 Å². The maximum absolute atomic E-state index is 12.5. The van der Waals surface area contributed by atoms with Gasteiger partial charge in [-0.1, -0.05) is 6.07 Å². The van der Waals surface area contributed by atoms with Gasteiger partial charge in [0.2, 0.25) is 0 Å². The second-order valence-corrected chi connectivity index (χ2v) is 4.40. The number of nitriles is 1. The van der Waals surface area contributed by atoms with Crippen molar-refractivity contribution in [3.05, 3.63) is 23.8 Å². The quantitative estimate of drug-likeness (QED) is 0.832. The molecule has 1 saturated heterocycles. The predicted molar refractivity (Wildman–Crippen MR) is 73.3 cm³/mol. The normalized spacial score (nSPS) is 18.4. The molecule has 1 aliphatic rings. The fourth-order valence-corrected chi connectivity index (χ4v) is 2.11. The summed E-state index contributed by atoms with van der Waals surface area (Å²) in [6.07, 6.45) is -0.579. The van der Waals surface area contributed by atoms with Crippen molar-refractivity contribution in [3.8, 4) is 11.8 Å². The molecule has 106 valence electrons. The maximum Gasteiger partial charge on any atom is 0.257 e. The third-order valence-corrected chi connectivity index (χ3v) is 3.06. The highest BCUT2D eigenvalue weighted by atomic mass is 16.5. The Balaban J connectivity index is 2.25. The van der Waals surface area contributed by atoms with E-state index in [2.05, 4.69) is 0 Å². The number of rotatable bonds is 3. The van der Waals surface area contributed by atoms with E-state index >= 15 is 0 Å². The third-order valence-electron chi connectivity index (χ3n) is 3.06. The fraction of sp³-hybridized carbons (Fsp3) is 0.429. The fourth-order valence-electron chi connectivity index (χ4n) is 2.11. The average Bonchev–Trinajstić information content (AvgIpc) is 2.49. The molecule has 2 rings (SSSR count). The number of nitrogens with zero attached hydrogens (tertiary/aromatic N) is 2. The molecular weight excluding hydrogens is 258 g/mol. The zero-order valence-corrected chi connectivity index (χ0v) is 11.3. The van der Waals surface area contributed by atoms with Crippen LogP contribution in [0.1, 0.15) is 17.3 Å². The molecule has 1 atom stereocenters. The van der Waals surface area contributed by atoms with Crippen molar-refractivity contribution in [3.63, 3.8) is 0 Å². The summed E-state index contributed by atoms with van der Waals surface area (Å²) < 4.78 is 10.7. The van der Waals surface area contributed by atoms with Gasteiger partial charge in [-0.25, -0.2) is 0 Å². The molecular formula is C14H17N3O3. The van der Waals surface area contributed by atoms with E-state index in [1.54, 1.807) is 23.1 Å². The smallest absolute Gasteiger partial charge is 0.257 e. The molecule has 1 aromatic rings. The van der Waals surface area contributed by atoms with E-state index in [9.17, 15) is 4.79 Å². The number of carbonyl (C=O) groups is 1. The zero-order chi connectivity index (χ0) is 14.5. The number of hydrogen-bond donors (Lipinski definition) is 1. The Morgan fingerprint density at radius 2 is 2.45 bits per heavy atom. The molecule has 0 bridgehead atoms. The summed E-state index contributed by atoms with van der Waals surface area (Å²) in [6, 6.07) is 7.11. The first-order valence-corrected chi connectivity index (χ1v) is 6.49. The lowest BCUT2D eigenvalue weighted by Crippen LogP contribution is -2.45. The number of anilines is 1. The molecule has 1 heterocycles. The molecule has 0 spiro atoms. The number of ether oxygens (including phenoxy) is 2. The molecule has 0 aromatic heterocycles. The molecule has 6 nitrogen and oxygen atoms in total. The van der Waals surface area contributed by atoms with Crippen LogP contribution in [-0.2, 0) is 4.74 Å². The van der Waals surface area contributed by atoms with E-state index in [4.69, 9.17) is 20.5 Å². The van der Waals surface area contributed by atoms with Gasteiger partial charge in [0.1, 0.15) is 0 Å². The topological polar surface area (TPSA) is 88.6 Å². The number of benzene rings is 1. The molecule has 0 radical (unpaired) electrons. The lowest BCUT2D eigenvalue weighted by Gasteiger charge is -2.30. The molecule has 6 heteroatoms. The van der Waals surface area contributed by atoms with Crippen molar-refractivity contribution in [1.82, 2.24) is 4.90 Å². The van der Waals surface area contributed by atoms with Crippen LogP contribution in [0.5, 0.6) is 5.75 Å². The maximum atomic E-state index is 12.5. The SMILES string of the molecule is CCOc1c(N)cccc1C(=O)N1CCOC(C#N)C1. The Hall–Kier alpha value is -2.26. The van der Waals surface area contributed by atoms with Crippen LogP contribution in [0.15, 0.2) is 18.2 Å². The van der Waals surface area contributed by atoms with Crippen molar-refractivity contribution in [2.24, 2.45) is 0 Å². The highest BCUT2D eigenvalue weighted by molar-refractivity contribution is 5.98. The number of morpholine rings is 1. The Kier molecular flexibility index (Phi) is 4.43. The minimum Gasteiger partial charge on any atom is -0.491 e. The lowest BCUT2D eigenvalue weighted by molar-refractivity contribution is 0.00332. The summed E-state index contributed by atoms with van der Waals surface area (Å²) in [4.78, 5) is 14.1. The van der Waals surface area contributed by atoms with E-state index < -0.39 is 6.10 Å². The van der Waals surface area contributed by atoms with Gasteiger partial charge in [-0.05, 0) is 19.1 Å². The third kappa shape index (κ3) is 2.83. The number of carbonyl (C=O) groups excluding carboxylic acids is 1. The monoisotopic (exact) mass is 275 g/mol. The minimum absolute atomic E-state index is 0.190. The van der Waals surface area contributed by atoms with Crippen molar-refractivity contribution in [1.29, 1.82) is 5.26 Å². The van der Waals surface area contributed by atoms with Crippen LogP contribution in [-0.4, -0.2) is 43.2 Å². The Morgan fingerprint density at radius 1 is 1.65 bits per heavy atom. The largest absolute Gasteiger partial charge is 0.491 e. The summed E-state index contributed by atoms with van der Waals surface area (Å²) in [5, 5.41) is 8.89. The standard InChI is InChI=1S/C14H17N3O3/c1-2-19-13-11(4-3-5-12(13)16)14(18)17-6-7-20-10(8-15)9-17/h3-5,10H,2,6-7,9,16H2,1H3. The summed E-state index contributed by atoms with van der Waals surface area (Å²) in [6.45, 7) is 3.34. The van der Waals surface area contributed by atoms with E-state index in [-0.39, 0.29) is 12.5 Å². The van der Waals surface area contributed by atoms with Gasteiger partial charge in [-0.3, -0.25) is 4.79 Å². The van der Waals surface area contributed by atoms with Crippen LogP contribution in [0.25, 0.3) is 0 Å². The van der Waals surface area contributed by atoms with Crippen molar-refractivity contribution < 1.29 is 14.3 Å². The van der Waals surface area contributed by atoms with Gasteiger partial charge >= 0.3 is 0 Å². The Morgan fingerprint density at radius 3 is 3.15 bits per heavy atom. The van der Waals surface area contributed by atoms with Crippen molar-refractivity contribution in [2.45, 2.75) is 13.0 Å². The molecule has 1 aliphatic heterocycles. The highest BCUT2D eigenvalue weighted by Gasteiger charge is 2.27. The molecule has 1 amide bonds. The van der Waals surface area contributed by atoms with Crippen LogP contribution in [0, 0.1) is 11.3 Å². The van der Waals surface area contributed by atoms with Gasteiger partial charge in [0.25, 0.3) is 5.91 Å². The van der Waals surface area contributed by atoms with Gasteiger partial charge in [-0.15, -0.1) is 0 Å². The molecule has 2 N–H and O–H groups in total. The van der Waals surface area contributed by atoms with Gasteiger partial charge in [0, 0.05) is 6.54 Å². The van der Waals surface area contributed by atoms with E-state index in [1.165, 1.54) is 0 Å². The number of nitrogens with two attached hydrogens (primary N) is 1. The van der Waals surface area contributed by atoms with Gasteiger partial charge < -0.3 is 20.1 Å². The van der Waals surface area contributed by atoms with E-state index in [0.717, 1.165) is 0 Å². The summed E-state index contributed by atoms with van der Waals surface area (Å²) in [7, 11) is 0. The van der Waals surface area contributed by atoms with Crippen LogP contribution in [0.3, 0.4) is 0 Å². The Labute approximate surface area is 117 Å². The number of nitrogen functional groups attached to an aromatic ring is 1. The molecule has 0 saturated carbocycles. The highest BCUT2D eigenvalue weighted by Crippen LogP contribution is 2.28. The second kappa shape index (κ2) is 6.26. The summed E-state index contributed by atoms with van der Waals surface area (Å²) in [5.74, 6) is 0.212. The molecule has 0 aliphatic carbocycles. The predicted octanol–water partition coefficient (Wildman–Crippen LogP) is 1.03. The molecule has 20 heavy (non-hydrogen) atoms. The first kappa shape index (κ1) is 14.2. The first-order valence-electron chi connectivity index (χ1n) is 6.49. The number of hydrogen-bond acceptors (Lipinski definition) is 5. The molecule has 1 aromatic carbocycles. The van der Waals surface area contributed by atoms with Gasteiger partial charge in [0.05, 0.1) is 37.1 Å². The van der Waals surface area contributed by atoms with Gasteiger partial charge in [0.15, 0.2) is 11.9 Å². The zero-order valence-electron chi connectivity index (χ0n) is 11.3. The average molecular weight is 275 g/mol. The summed E-state index contributed by atoms with van der Waals surface area (Å²) >= 11 is 0. The summed E-state index contributed by atoms with van der Waals surface area (Å²) in [5.41, 5.74) is 6.71. The van der Waals surface area contributed by atoms with Crippen LogP contribution in [0.2, 0.25) is 0 Å². The minimum atomic E-state index is -0.579. The number of para-hydroxylation sites is 1. The van der Waals surface area contributed by atoms with Crippen LogP contribution in [0.4, 0.5) is 5.69 Å². The second-order valence-electron chi connectivity index (χ2n) is 4.40. The van der Waals surface area contributed by atoms with E-state index in [0.29, 0.717) is 36.8 Å². The van der Waals surface area contributed by atoms with Crippen molar-refractivity contribution >= 4 is 11.6 Å². The van der Waals surface area contributed by atoms with Crippen LogP contribution >= 0.6 is 0 Å². The van der Waals surface area contributed by atoms with Crippen molar-refractivity contribution in [2.75, 3.05) is 32.0 Å². The lowest BCUT2D eigenvalue weighted by atomic mass is 10.1. The Bertz CT molecular complexity index is 539. The number of amides is 1. The molecule has 1 unspecified atom stereocenters. The van der Waals surface area contributed by atoms with Gasteiger partial charge in [-0.2, -0.15) is 5.26 Å². The first-order chi connectivity index (χ1) is 9.67.